The maximum atomic E-state index is 14.5. The van der Waals surface area contributed by atoms with Gasteiger partial charge in [-0.15, -0.1) is 0 Å². The molecule has 0 saturated carbocycles. The largest absolute Gasteiger partial charge is 0.384 e. The van der Waals surface area contributed by atoms with Crippen LogP contribution in [0.25, 0.3) is 11.3 Å². The summed E-state index contributed by atoms with van der Waals surface area (Å²) in [5, 5.41) is 0. The number of hydrogen-bond donors (Lipinski definition) is 1. The van der Waals surface area contributed by atoms with Gasteiger partial charge in [-0.05, 0) is 26.8 Å². The predicted molar refractivity (Wildman–Crippen MR) is 105 cm³/mol. The van der Waals surface area contributed by atoms with E-state index in [0.29, 0.717) is 25.7 Å². The summed E-state index contributed by atoms with van der Waals surface area (Å²) in [6.45, 7) is 6.64. The number of nitrogens with two attached hydrogens (primary N) is 1. The lowest BCUT2D eigenvalue weighted by molar-refractivity contribution is 0.0980. The highest BCUT2D eigenvalue weighted by molar-refractivity contribution is 7.91. The minimum atomic E-state index is -3.50. The molecular weight excluding hydrogens is 385 g/mol. The second kappa shape index (κ2) is 7.25. The molecule has 10 heteroatoms. The first-order valence-corrected chi connectivity index (χ1v) is 10.7. The van der Waals surface area contributed by atoms with Crippen molar-refractivity contribution >= 4 is 21.6 Å². The van der Waals surface area contributed by atoms with E-state index in [1.165, 1.54) is 12.3 Å². The molecule has 2 aromatic rings. The zero-order valence-electron chi connectivity index (χ0n) is 16.3. The van der Waals surface area contributed by atoms with E-state index in [0.717, 1.165) is 12.3 Å². The van der Waals surface area contributed by atoms with Crippen LogP contribution in [0, 0.1) is 5.82 Å². The Morgan fingerprint density at radius 2 is 2.04 bits per heavy atom. The third kappa shape index (κ3) is 3.79. The number of aromatic nitrogens is 3. The van der Waals surface area contributed by atoms with Crippen LogP contribution in [0.4, 0.5) is 16.2 Å². The maximum absolute atomic E-state index is 14.5. The Labute approximate surface area is 163 Å². The average Bonchev–Trinajstić information content (AvgIpc) is 2.60. The molecule has 152 valence electrons. The van der Waals surface area contributed by atoms with Crippen molar-refractivity contribution in [1.29, 1.82) is 0 Å². The van der Waals surface area contributed by atoms with Crippen molar-refractivity contribution in [2.24, 2.45) is 0 Å². The number of anilines is 2. The van der Waals surface area contributed by atoms with E-state index in [-0.39, 0.29) is 28.8 Å². The Bertz CT molecular complexity index is 997. The van der Waals surface area contributed by atoms with Gasteiger partial charge < -0.3 is 15.4 Å². The monoisotopic (exact) mass is 409 g/mol. The van der Waals surface area contributed by atoms with Gasteiger partial charge in [-0.25, -0.2) is 27.8 Å². The smallest absolute Gasteiger partial charge is 0.226 e. The van der Waals surface area contributed by atoms with Crippen LogP contribution in [0.5, 0.6) is 0 Å². The van der Waals surface area contributed by atoms with E-state index in [1.54, 1.807) is 13.8 Å². The Morgan fingerprint density at radius 3 is 2.64 bits per heavy atom. The lowest BCUT2D eigenvalue weighted by Crippen LogP contribution is -2.45. The van der Waals surface area contributed by atoms with Crippen molar-refractivity contribution in [3.8, 4) is 11.3 Å². The van der Waals surface area contributed by atoms with Crippen molar-refractivity contribution < 1.29 is 17.5 Å². The molecule has 1 saturated heterocycles. The highest BCUT2D eigenvalue weighted by Crippen LogP contribution is 2.33. The molecule has 1 aliphatic heterocycles. The first-order chi connectivity index (χ1) is 13.0. The van der Waals surface area contributed by atoms with Crippen LogP contribution in [-0.2, 0) is 19.3 Å². The Balaban J connectivity index is 2.22. The number of ether oxygens (including phenoxy) is 1. The highest BCUT2D eigenvalue weighted by atomic mass is 32.2. The zero-order valence-corrected chi connectivity index (χ0v) is 17.1. The Morgan fingerprint density at radius 1 is 1.32 bits per heavy atom. The van der Waals surface area contributed by atoms with Crippen LogP contribution in [0.1, 0.15) is 26.5 Å². The van der Waals surface area contributed by atoms with Crippen LogP contribution in [0.15, 0.2) is 18.3 Å². The number of morpholine rings is 1. The fourth-order valence-electron chi connectivity index (χ4n) is 2.86. The fourth-order valence-corrected chi connectivity index (χ4v) is 3.34. The minimum absolute atomic E-state index is 0.00687. The number of halogens is 1. The Kier molecular flexibility index (Phi) is 5.28. The molecule has 3 rings (SSSR count). The molecule has 0 aliphatic carbocycles. The van der Waals surface area contributed by atoms with Gasteiger partial charge in [0.1, 0.15) is 16.4 Å². The fraction of sp³-hybridized carbons (Fsp3) is 0.500. The van der Waals surface area contributed by atoms with Crippen molar-refractivity contribution in [3.05, 3.63) is 29.8 Å². The first kappa shape index (κ1) is 20.4. The molecular formula is C18H24FN5O3S. The van der Waals surface area contributed by atoms with E-state index in [1.807, 2.05) is 11.8 Å². The van der Waals surface area contributed by atoms with Crippen molar-refractivity contribution in [2.45, 2.75) is 31.6 Å². The van der Waals surface area contributed by atoms with Gasteiger partial charge in [-0.1, -0.05) is 0 Å². The van der Waals surface area contributed by atoms with Gasteiger partial charge in [0.15, 0.2) is 9.84 Å². The molecule has 0 bridgehead atoms. The minimum Gasteiger partial charge on any atom is -0.384 e. The SMILES string of the molecule is C[C@H]1COCCN1c1nc(-c2cnc(N)cc2F)cc(C(C)(C)S(C)(=O)=O)n1. The van der Waals surface area contributed by atoms with Gasteiger partial charge in [0, 0.05) is 25.1 Å². The summed E-state index contributed by atoms with van der Waals surface area (Å²) in [6, 6.07) is 2.59. The summed E-state index contributed by atoms with van der Waals surface area (Å²) < 4.78 is 43.4. The summed E-state index contributed by atoms with van der Waals surface area (Å²) in [4.78, 5) is 14.9. The predicted octanol–water partition coefficient (Wildman–Crippen LogP) is 1.76. The Hall–Kier alpha value is -2.33. The quantitative estimate of drug-likeness (QED) is 0.813. The number of nitrogens with zero attached hydrogens (tertiary/aromatic N) is 4. The van der Waals surface area contributed by atoms with Crippen molar-refractivity contribution in [3.63, 3.8) is 0 Å². The second-order valence-electron chi connectivity index (χ2n) is 7.43. The van der Waals surface area contributed by atoms with E-state index >= 15 is 0 Å². The molecule has 0 amide bonds. The maximum Gasteiger partial charge on any atom is 0.226 e. The molecule has 2 aromatic heterocycles. The molecule has 0 aromatic carbocycles. The van der Waals surface area contributed by atoms with Crippen LogP contribution >= 0.6 is 0 Å². The molecule has 0 spiro atoms. The van der Waals surface area contributed by atoms with E-state index in [4.69, 9.17) is 10.5 Å². The topological polar surface area (TPSA) is 111 Å². The number of rotatable bonds is 4. The normalized spacial score (nSPS) is 18.3. The number of sulfone groups is 1. The number of pyridine rings is 1. The summed E-state index contributed by atoms with van der Waals surface area (Å²) in [5.41, 5.74) is 6.20. The molecule has 8 nitrogen and oxygen atoms in total. The molecule has 28 heavy (non-hydrogen) atoms. The summed E-state index contributed by atoms with van der Waals surface area (Å²) in [6.07, 6.45) is 2.44. The lowest BCUT2D eigenvalue weighted by Gasteiger charge is -2.34. The van der Waals surface area contributed by atoms with Crippen molar-refractivity contribution in [1.82, 2.24) is 15.0 Å². The molecule has 1 atom stereocenters. The summed E-state index contributed by atoms with van der Waals surface area (Å²) in [5.74, 6) is -0.208. The molecule has 2 N–H and O–H groups in total. The van der Waals surface area contributed by atoms with Gasteiger partial charge >= 0.3 is 0 Å². The third-order valence-electron chi connectivity index (χ3n) is 5.03. The van der Waals surface area contributed by atoms with E-state index in [9.17, 15) is 12.8 Å². The van der Waals surface area contributed by atoms with Gasteiger partial charge in [-0.2, -0.15) is 0 Å². The third-order valence-corrected chi connectivity index (χ3v) is 7.10. The molecule has 0 unspecified atom stereocenters. The molecule has 1 fully saturated rings. The van der Waals surface area contributed by atoms with Gasteiger partial charge in [0.2, 0.25) is 5.95 Å². The van der Waals surface area contributed by atoms with E-state index < -0.39 is 20.4 Å². The summed E-state index contributed by atoms with van der Waals surface area (Å²) in [7, 11) is -3.50. The van der Waals surface area contributed by atoms with E-state index in [2.05, 4.69) is 15.0 Å². The lowest BCUT2D eigenvalue weighted by atomic mass is 10.1. The number of hydrogen-bond acceptors (Lipinski definition) is 8. The van der Waals surface area contributed by atoms with Crippen LogP contribution < -0.4 is 10.6 Å². The summed E-state index contributed by atoms with van der Waals surface area (Å²) >= 11 is 0. The second-order valence-corrected chi connectivity index (χ2v) is 9.99. The highest BCUT2D eigenvalue weighted by Gasteiger charge is 2.36. The zero-order chi connectivity index (χ0) is 20.7. The number of nitrogen functional groups attached to an aromatic ring is 1. The molecule has 1 aliphatic rings. The van der Waals surface area contributed by atoms with Crippen molar-refractivity contribution in [2.75, 3.05) is 36.6 Å². The average molecular weight is 409 g/mol. The van der Waals surface area contributed by atoms with Crippen LogP contribution in [-0.4, -0.2) is 55.4 Å². The molecule has 0 radical (unpaired) electrons. The molecule has 3 heterocycles. The van der Waals surface area contributed by atoms with Gasteiger partial charge in [-0.3, -0.25) is 0 Å². The standard InChI is InChI=1S/C18H24FN5O3S/c1-11-10-27-6-5-24(11)17-22-14(12-9-21-16(20)7-13(12)19)8-15(23-17)18(2,3)28(4,25)26/h7-9,11H,5-6,10H2,1-4H3,(H2,20,21)/t11-/m0/s1. The first-order valence-electron chi connectivity index (χ1n) is 8.85. The van der Waals surface area contributed by atoms with Crippen LogP contribution in [0.2, 0.25) is 0 Å². The van der Waals surface area contributed by atoms with Crippen LogP contribution in [0.3, 0.4) is 0 Å². The van der Waals surface area contributed by atoms with Gasteiger partial charge in [0.05, 0.1) is 36.2 Å². The van der Waals surface area contributed by atoms with Gasteiger partial charge in [0.25, 0.3) is 0 Å².